The Hall–Kier alpha value is -0.120. The molecule has 0 fully saturated rings. The number of ether oxygens (including phenoxy) is 2. The van der Waals surface area contributed by atoms with E-state index in [-0.39, 0.29) is 6.10 Å². The molecule has 1 N–H and O–H groups in total. The molecule has 0 amide bonds. The molecule has 80 valence electrons. The first-order valence-electron chi connectivity index (χ1n) is 5.15. The highest BCUT2D eigenvalue weighted by molar-refractivity contribution is 4.48. The van der Waals surface area contributed by atoms with E-state index in [2.05, 4.69) is 5.32 Å². The third-order valence-electron chi connectivity index (χ3n) is 1.78. The molecular formula is C10H23NO2. The van der Waals surface area contributed by atoms with Crippen LogP contribution in [0.2, 0.25) is 0 Å². The van der Waals surface area contributed by atoms with Crippen molar-refractivity contribution in [1.82, 2.24) is 5.32 Å². The van der Waals surface area contributed by atoms with Crippen LogP contribution in [0.25, 0.3) is 0 Å². The highest BCUT2D eigenvalue weighted by Crippen LogP contribution is 1.95. The molecule has 0 aliphatic carbocycles. The van der Waals surface area contributed by atoms with Crippen molar-refractivity contribution in [3.05, 3.63) is 0 Å². The summed E-state index contributed by atoms with van der Waals surface area (Å²) in [6.07, 6.45) is 2.53. The van der Waals surface area contributed by atoms with Gasteiger partial charge < -0.3 is 14.8 Å². The molecule has 0 bridgehead atoms. The van der Waals surface area contributed by atoms with E-state index in [1.165, 1.54) is 6.42 Å². The number of unbranched alkanes of at least 4 members (excludes halogenated alkanes) is 1. The molecule has 13 heavy (non-hydrogen) atoms. The van der Waals surface area contributed by atoms with Crippen LogP contribution in [0.15, 0.2) is 0 Å². The Morgan fingerprint density at radius 3 is 2.69 bits per heavy atom. The molecule has 1 atom stereocenters. The molecule has 0 saturated carbocycles. The lowest BCUT2D eigenvalue weighted by molar-refractivity contribution is -0.00440. The molecular weight excluding hydrogens is 166 g/mol. The highest BCUT2D eigenvalue weighted by atomic mass is 16.5. The summed E-state index contributed by atoms with van der Waals surface area (Å²) in [5.41, 5.74) is 0. The van der Waals surface area contributed by atoms with Crippen molar-refractivity contribution in [2.75, 3.05) is 33.4 Å². The molecule has 0 radical (unpaired) electrons. The average Bonchev–Trinajstić information content (AvgIpc) is 2.14. The van der Waals surface area contributed by atoms with Crippen molar-refractivity contribution < 1.29 is 9.47 Å². The number of nitrogens with one attached hydrogen (secondary N) is 1. The number of hydrogen-bond acceptors (Lipinski definition) is 3. The quantitative estimate of drug-likeness (QED) is 0.557. The lowest BCUT2D eigenvalue weighted by Crippen LogP contribution is -2.17. The fourth-order valence-corrected chi connectivity index (χ4v) is 1.02. The van der Waals surface area contributed by atoms with Gasteiger partial charge >= 0.3 is 0 Å². The van der Waals surface area contributed by atoms with Crippen LogP contribution < -0.4 is 5.32 Å². The number of rotatable bonds is 9. The fourth-order valence-electron chi connectivity index (χ4n) is 1.02. The predicted molar refractivity (Wildman–Crippen MR) is 55.1 cm³/mol. The Morgan fingerprint density at radius 2 is 2.08 bits per heavy atom. The largest absolute Gasteiger partial charge is 0.379 e. The minimum atomic E-state index is 0.231. The van der Waals surface area contributed by atoms with Gasteiger partial charge in [-0.15, -0.1) is 0 Å². The van der Waals surface area contributed by atoms with Gasteiger partial charge in [0.25, 0.3) is 0 Å². The molecule has 3 nitrogen and oxygen atoms in total. The van der Waals surface area contributed by atoms with E-state index >= 15 is 0 Å². The van der Waals surface area contributed by atoms with Crippen LogP contribution in [0, 0.1) is 0 Å². The Balaban J connectivity index is 3.03. The Kier molecular flexibility index (Phi) is 9.87. The zero-order valence-corrected chi connectivity index (χ0v) is 9.14. The van der Waals surface area contributed by atoms with Crippen molar-refractivity contribution in [2.45, 2.75) is 32.8 Å². The Morgan fingerprint density at radius 1 is 1.31 bits per heavy atom. The first-order chi connectivity index (χ1) is 6.31. The summed E-state index contributed by atoms with van der Waals surface area (Å²) in [7, 11) is 1.97. The summed E-state index contributed by atoms with van der Waals surface area (Å²) in [6.45, 7) is 7.45. The van der Waals surface area contributed by atoms with Crippen molar-refractivity contribution in [2.24, 2.45) is 0 Å². The Bertz CT molecular complexity index is 98.9. The van der Waals surface area contributed by atoms with Crippen LogP contribution in [0.4, 0.5) is 0 Å². The van der Waals surface area contributed by atoms with Crippen LogP contribution in [0.1, 0.15) is 26.7 Å². The van der Waals surface area contributed by atoms with Crippen molar-refractivity contribution in [3.8, 4) is 0 Å². The second-order valence-electron chi connectivity index (χ2n) is 3.15. The molecule has 0 saturated heterocycles. The van der Waals surface area contributed by atoms with Crippen LogP contribution in [-0.4, -0.2) is 39.5 Å². The predicted octanol–water partition coefficient (Wildman–Crippen LogP) is 1.43. The van der Waals surface area contributed by atoms with Gasteiger partial charge in [0.1, 0.15) is 0 Å². The standard InChI is InChI=1S/C10H23NO2/c1-4-12-9-10(2)13-8-6-5-7-11-3/h10-11H,4-9H2,1-3H3. The Labute approximate surface area is 81.8 Å². The second-order valence-corrected chi connectivity index (χ2v) is 3.15. The van der Waals surface area contributed by atoms with E-state index in [0.717, 1.165) is 26.2 Å². The third kappa shape index (κ3) is 9.80. The van der Waals surface area contributed by atoms with Gasteiger partial charge in [0.15, 0.2) is 0 Å². The van der Waals surface area contributed by atoms with Crippen LogP contribution in [0.5, 0.6) is 0 Å². The maximum Gasteiger partial charge on any atom is 0.0780 e. The first kappa shape index (κ1) is 12.9. The third-order valence-corrected chi connectivity index (χ3v) is 1.78. The van der Waals surface area contributed by atoms with Gasteiger partial charge in [0.05, 0.1) is 12.7 Å². The molecule has 0 rings (SSSR count). The van der Waals surface area contributed by atoms with E-state index < -0.39 is 0 Å². The van der Waals surface area contributed by atoms with Crippen LogP contribution >= 0.6 is 0 Å². The molecule has 0 aromatic heterocycles. The normalized spacial score (nSPS) is 13.2. The van der Waals surface area contributed by atoms with Crippen molar-refractivity contribution >= 4 is 0 Å². The van der Waals surface area contributed by atoms with E-state index in [0.29, 0.717) is 6.61 Å². The molecule has 0 aromatic carbocycles. The molecule has 0 spiro atoms. The van der Waals surface area contributed by atoms with Gasteiger partial charge in [-0.1, -0.05) is 0 Å². The van der Waals surface area contributed by atoms with Crippen LogP contribution in [0.3, 0.4) is 0 Å². The zero-order chi connectivity index (χ0) is 9.94. The van der Waals surface area contributed by atoms with E-state index in [1.54, 1.807) is 0 Å². The SMILES string of the molecule is CCOCC(C)OCCCCNC. The van der Waals surface area contributed by atoms with Gasteiger partial charge in [-0.05, 0) is 40.3 Å². The smallest absolute Gasteiger partial charge is 0.0780 e. The van der Waals surface area contributed by atoms with Gasteiger partial charge in [-0.2, -0.15) is 0 Å². The van der Waals surface area contributed by atoms with Crippen molar-refractivity contribution in [3.63, 3.8) is 0 Å². The minimum Gasteiger partial charge on any atom is -0.379 e. The highest BCUT2D eigenvalue weighted by Gasteiger charge is 2.00. The van der Waals surface area contributed by atoms with E-state index in [4.69, 9.17) is 9.47 Å². The maximum absolute atomic E-state index is 5.54. The molecule has 0 aromatic rings. The summed E-state index contributed by atoms with van der Waals surface area (Å²) >= 11 is 0. The molecule has 0 aliphatic rings. The summed E-state index contributed by atoms with van der Waals surface area (Å²) in [6, 6.07) is 0. The topological polar surface area (TPSA) is 30.5 Å². The summed E-state index contributed by atoms with van der Waals surface area (Å²) in [5, 5.41) is 3.11. The van der Waals surface area contributed by atoms with Crippen molar-refractivity contribution in [1.29, 1.82) is 0 Å². The summed E-state index contributed by atoms with van der Waals surface area (Å²) in [5.74, 6) is 0. The van der Waals surface area contributed by atoms with Gasteiger partial charge in [-0.3, -0.25) is 0 Å². The van der Waals surface area contributed by atoms with Gasteiger partial charge in [0.2, 0.25) is 0 Å². The second kappa shape index (κ2) is 9.96. The number of hydrogen-bond donors (Lipinski definition) is 1. The van der Waals surface area contributed by atoms with Gasteiger partial charge in [-0.25, -0.2) is 0 Å². The monoisotopic (exact) mass is 189 g/mol. The summed E-state index contributed by atoms with van der Waals surface area (Å²) < 4.78 is 10.8. The van der Waals surface area contributed by atoms with E-state index in [9.17, 15) is 0 Å². The lowest BCUT2D eigenvalue weighted by atomic mass is 10.3. The average molecular weight is 189 g/mol. The molecule has 1 unspecified atom stereocenters. The maximum atomic E-state index is 5.54. The fraction of sp³-hybridized carbons (Fsp3) is 1.00. The van der Waals surface area contributed by atoms with Crippen LogP contribution in [-0.2, 0) is 9.47 Å². The van der Waals surface area contributed by atoms with Gasteiger partial charge in [0, 0.05) is 13.2 Å². The molecule has 0 heterocycles. The first-order valence-corrected chi connectivity index (χ1v) is 5.15. The zero-order valence-electron chi connectivity index (χ0n) is 9.14. The molecule has 0 aliphatic heterocycles. The lowest BCUT2D eigenvalue weighted by Gasteiger charge is -2.12. The van der Waals surface area contributed by atoms with E-state index in [1.807, 2.05) is 20.9 Å². The molecule has 3 heteroatoms. The summed E-state index contributed by atoms with van der Waals surface area (Å²) in [4.78, 5) is 0. The minimum absolute atomic E-state index is 0.231.